The van der Waals surface area contributed by atoms with Crippen molar-refractivity contribution >= 4 is 26.0 Å². The second-order valence-corrected chi connectivity index (χ2v) is 14.2. The highest BCUT2D eigenvalue weighted by atomic mass is 32.2. The zero-order chi connectivity index (χ0) is 31.0. The number of methoxy groups -OCH3 is 2. The van der Waals surface area contributed by atoms with Crippen molar-refractivity contribution < 1.29 is 31.1 Å². The molecule has 0 N–H and O–H groups in total. The average Bonchev–Trinajstić information content (AvgIpc) is 3.04. The number of nitrogens with zero attached hydrogens (tertiary/aromatic N) is 3. The van der Waals surface area contributed by atoms with Crippen LogP contribution in [0.3, 0.4) is 0 Å². The molecule has 1 aliphatic heterocycles. The van der Waals surface area contributed by atoms with Gasteiger partial charge in [0.15, 0.2) is 0 Å². The zero-order valence-electron chi connectivity index (χ0n) is 24.8. The van der Waals surface area contributed by atoms with Crippen molar-refractivity contribution in [2.24, 2.45) is 0 Å². The fourth-order valence-electron chi connectivity index (χ4n) is 5.16. The van der Waals surface area contributed by atoms with Crippen LogP contribution in [0.2, 0.25) is 0 Å². The van der Waals surface area contributed by atoms with Gasteiger partial charge in [-0.15, -0.1) is 0 Å². The number of carbonyl (C=O) groups excluding carboxylic acids is 1. The predicted molar refractivity (Wildman–Crippen MR) is 164 cm³/mol. The molecule has 1 aliphatic rings. The van der Waals surface area contributed by atoms with Gasteiger partial charge in [0.25, 0.3) is 0 Å². The minimum atomic E-state index is -3.90. The number of ether oxygens (including phenoxy) is 2. The molecule has 0 aromatic heterocycles. The van der Waals surface area contributed by atoms with Crippen LogP contribution in [0.5, 0.6) is 11.5 Å². The van der Waals surface area contributed by atoms with E-state index >= 15 is 0 Å². The monoisotopic (exact) mass is 629 g/mol. The Morgan fingerprint density at radius 3 is 1.91 bits per heavy atom. The van der Waals surface area contributed by atoms with Crippen molar-refractivity contribution in [2.45, 2.75) is 48.6 Å². The summed E-state index contributed by atoms with van der Waals surface area (Å²) >= 11 is 0. The van der Waals surface area contributed by atoms with Gasteiger partial charge in [0.1, 0.15) is 11.5 Å². The molecule has 0 aliphatic carbocycles. The SMILES string of the molecule is CCCN(CC(=O)N(Cc1ccc(OC)cc1)C1CCN(S(=O)(=O)c2ccc(OC)cc2)CC1)S(=O)(=O)c1ccccc1. The first-order valence-electron chi connectivity index (χ1n) is 14.2. The molecule has 0 radical (unpaired) electrons. The molecular formula is C31H39N3O7S2. The van der Waals surface area contributed by atoms with Crippen LogP contribution in [0.1, 0.15) is 31.7 Å². The Hall–Kier alpha value is -3.45. The zero-order valence-corrected chi connectivity index (χ0v) is 26.4. The Morgan fingerprint density at radius 2 is 1.37 bits per heavy atom. The van der Waals surface area contributed by atoms with Crippen LogP contribution < -0.4 is 9.47 Å². The van der Waals surface area contributed by atoms with Crippen molar-refractivity contribution in [1.29, 1.82) is 0 Å². The van der Waals surface area contributed by atoms with Gasteiger partial charge in [-0.1, -0.05) is 37.3 Å². The molecule has 12 heteroatoms. The molecular weight excluding hydrogens is 590 g/mol. The van der Waals surface area contributed by atoms with Crippen LogP contribution in [-0.2, 0) is 31.4 Å². The van der Waals surface area contributed by atoms with Gasteiger partial charge in [-0.25, -0.2) is 16.8 Å². The van der Waals surface area contributed by atoms with E-state index in [1.165, 1.54) is 40.0 Å². The lowest BCUT2D eigenvalue weighted by atomic mass is 10.0. The molecule has 1 amide bonds. The Balaban J connectivity index is 1.55. The van der Waals surface area contributed by atoms with Crippen LogP contribution in [-0.4, -0.2) is 82.7 Å². The fraction of sp³-hybridized carbons (Fsp3) is 0.387. The van der Waals surface area contributed by atoms with Crippen molar-refractivity contribution in [2.75, 3.05) is 40.4 Å². The molecule has 0 spiro atoms. The van der Waals surface area contributed by atoms with Crippen LogP contribution in [0.15, 0.2) is 88.7 Å². The van der Waals surface area contributed by atoms with Gasteiger partial charge in [-0.2, -0.15) is 8.61 Å². The van der Waals surface area contributed by atoms with Crippen LogP contribution in [0.4, 0.5) is 0 Å². The molecule has 232 valence electrons. The van der Waals surface area contributed by atoms with Crippen molar-refractivity contribution in [3.8, 4) is 11.5 Å². The molecule has 1 heterocycles. The number of benzene rings is 3. The topological polar surface area (TPSA) is 114 Å². The van der Waals surface area contributed by atoms with E-state index in [1.807, 2.05) is 31.2 Å². The van der Waals surface area contributed by atoms with Crippen LogP contribution in [0.25, 0.3) is 0 Å². The molecule has 1 saturated heterocycles. The number of piperidine rings is 1. The van der Waals surface area contributed by atoms with E-state index in [9.17, 15) is 21.6 Å². The fourth-order valence-corrected chi connectivity index (χ4v) is 8.13. The van der Waals surface area contributed by atoms with E-state index in [2.05, 4.69) is 0 Å². The first-order chi connectivity index (χ1) is 20.6. The number of sulfonamides is 2. The highest BCUT2D eigenvalue weighted by Gasteiger charge is 2.35. The minimum Gasteiger partial charge on any atom is -0.497 e. The summed E-state index contributed by atoms with van der Waals surface area (Å²) in [5.74, 6) is 0.915. The number of hydrogen-bond acceptors (Lipinski definition) is 7. The number of carbonyl (C=O) groups is 1. The molecule has 1 fully saturated rings. The summed E-state index contributed by atoms with van der Waals surface area (Å²) < 4.78 is 66.7. The van der Waals surface area contributed by atoms with E-state index in [-0.39, 0.29) is 54.5 Å². The molecule has 0 unspecified atom stereocenters. The quantitative estimate of drug-likeness (QED) is 0.281. The molecule has 43 heavy (non-hydrogen) atoms. The third-order valence-electron chi connectivity index (χ3n) is 7.56. The molecule has 4 rings (SSSR count). The normalized spacial score (nSPS) is 14.9. The van der Waals surface area contributed by atoms with E-state index in [0.717, 1.165) is 5.56 Å². The molecule has 0 bridgehead atoms. The van der Waals surface area contributed by atoms with E-state index in [1.54, 1.807) is 42.3 Å². The number of amides is 1. The molecule has 10 nitrogen and oxygen atoms in total. The maximum absolute atomic E-state index is 13.9. The summed E-state index contributed by atoms with van der Waals surface area (Å²) in [6, 6.07) is 21.5. The third kappa shape index (κ3) is 7.74. The Bertz CT molecular complexity index is 1560. The summed E-state index contributed by atoms with van der Waals surface area (Å²) in [4.78, 5) is 16.0. The average molecular weight is 630 g/mol. The summed E-state index contributed by atoms with van der Waals surface area (Å²) in [5, 5.41) is 0. The molecule has 3 aromatic rings. The lowest BCUT2D eigenvalue weighted by Crippen LogP contribution is -2.51. The van der Waals surface area contributed by atoms with Gasteiger partial charge >= 0.3 is 0 Å². The largest absolute Gasteiger partial charge is 0.497 e. The summed E-state index contributed by atoms with van der Waals surface area (Å²) in [6.07, 6.45) is 1.37. The lowest BCUT2D eigenvalue weighted by Gasteiger charge is -2.39. The maximum atomic E-state index is 13.9. The second kappa shape index (κ2) is 14.3. The van der Waals surface area contributed by atoms with Gasteiger partial charge in [-0.3, -0.25) is 4.79 Å². The maximum Gasteiger partial charge on any atom is 0.243 e. The first-order valence-corrected chi connectivity index (χ1v) is 17.1. The summed E-state index contributed by atoms with van der Waals surface area (Å²) in [6.45, 7) is 2.46. The van der Waals surface area contributed by atoms with E-state index in [0.29, 0.717) is 30.8 Å². The number of rotatable bonds is 13. The third-order valence-corrected chi connectivity index (χ3v) is 11.3. The lowest BCUT2D eigenvalue weighted by molar-refractivity contribution is -0.135. The minimum absolute atomic E-state index is 0.134. The molecule has 0 saturated carbocycles. The van der Waals surface area contributed by atoms with Crippen molar-refractivity contribution in [1.82, 2.24) is 13.5 Å². The van der Waals surface area contributed by atoms with E-state index < -0.39 is 20.0 Å². The van der Waals surface area contributed by atoms with Gasteiger partial charge < -0.3 is 14.4 Å². The predicted octanol–water partition coefficient (Wildman–Crippen LogP) is 3.99. The summed E-state index contributed by atoms with van der Waals surface area (Å²) in [5.41, 5.74) is 0.857. The highest BCUT2D eigenvalue weighted by Crippen LogP contribution is 2.27. The van der Waals surface area contributed by atoms with E-state index in [4.69, 9.17) is 9.47 Å². The van der Waals surface area contributed by atoms with Gasteiger partial charge in [0, 0.05) is 32.2 Å². The Labute approximate surface area is 254 Å². The first kappa shape index (κ1) is 32.5. The molecule has 0 atom stereocenters. The molecule has 3 aromatic carbocycles. The van der Waals surface area contributed by atoms with Crippen LogP contribution in [0, 0.1) is 0 Å². The highest BCUT2D eigenvalue weighted by molar-refractivity contribution is 7.89. The van der Waals surface area contributed by atoms with Gasteiger partial charge in [0.2, 0.25) is 26.0 Å². The van der Waals surface area contributed by atoms with Crippen molar-refractivity contribution in [3.63, 3.8) is 0 Å². The standard InChI is InChI=1S/C31H39N3O7S2/c1-4-20-33(43(38,39)29-8-6-5-7-9-29)24-31(35)34(23-25-10-12-27(40-2)13-11-25)26-18-21-32(22-19-26)42(36,37)30-16-14-28(41-3)15-17-30/h5-17,26H,4,18-24H2,1-3H3. The van der Waals surface area contributed by atoms with Gasteiger partial charge in [0.05, 0.1) is 30.6 Å². The number of hydrogen-bond donors (Lipinski definition) is 0. The van der Waals surface area contributed by atoms with Crippen LogP contribution >= 0.6 is 0 Å². The Morgan fingerprint density at radius 1 is 0.814 bits per heavy atom. The van der Waals surface area contributed by atoms with Gasteiger partial charge in [-0.05, 0) is 73.4 Å². The smallest absolute Gasteiger partial charge is 0.243 e. The second-order valence-electron chi connectivity index (χ2n) is 10.3. The summed E-state index contributed by atoms with van der Waals surface area (Å²) in [7, 11) is -4.52. The Kier molecular flexibility index (Phi) is 10.8. The van der Waals surface area contributed by atoms with Crippen molar-refractivity contribution in [3.05, 3.63) is 84.4 Å².